The van der Waals surface area contributed by atoms with E-state index < -0.39 is 73.8 Å². The van der Waals surface area contributed by atoms with Crippen molar-refractivity contribution in [2.24, 2.45) is 0 Å². The molecule has 3 saturated heterocycles. The minimum absolute atomic E-state index is 0.311. The number of aliphatic hydroxyl groups excluding tert-OH is 9. The van der Waals surface area contributed by atoms with Gasteiger partial charge in [-0.25, -0.2) is 0 Å². The summed E-state index contributed by atoms with van der Waals surface area (Å²) in [7, 11) is 1.51. The summed E-state index contributed by atoms with van der Waals surface area (Å²) >= 11 is 0. The minimum atomic E-state index is -1.70. The minimum Gasteiger partial charge on any atom is -0.388 e. The van der Waals surface area contributed by atoms with Crippen LogP contribution in [-0.2, 0) is 23.7 Å². The van der Waals surface area contributed by atoms with Crippen molar-refractivity contribution in [1.82, 2.24) is 0 Å². The van der Waals surface area contributed by atoms with Gasteiger partial charge in [-0.15, -0.1) is 0 Å². The Bertz CT molecular complexity index is 549. The third-order valence-electron chi connectivity index (χ3n) is 5.89. The molecule has 0 aliphatic carbocycles. The van der Waals surface area contributed by atoms with Gasteiger partial charge < -0.3 is 69.6 Å². The van der Waals surface area contributed by atoms with E-state index in [2.05, 4.69) is 0 Å². The number of rotatable bonds is 4. The lowest BCUT2D eigenvalue weighted by atomic mass is 9.99. The molecule has 0 aromatic rings. The van der Waals surface area contributed by atoms with Crippen molar-refractivity contribution in [3.05, 3.63) is 0 Å². The fraction of sp³-hybridized carbons (Fsp3) is 1.00. The zero-order valence-electron chi connectivity index (χ0n) is 18.6. The Morgan fingerprint density at radius 3 is 1.85 bits per heavy atom. The summed E-state index contributed by atoms with van der Waals surface area (Å²) in [5, 5.41) is 85.5. The highest BCUT2D eigenvalue weighted by molar-refractivity contribution is 4.90. The van der Waals surface area contributed by atoms with Gasteiger partial charge in [0.05, 0.1) is 24.9 Å². The van der Waals surface area contributed by atoms with E-state index in [1.807, 2.05) is 0 Å². The molecule has 0 amide bonds. The third kappa shape index (κ3) is 6.99. The van der Waals surface area contributed by atoms with Gasteiger partial charge in [0.15, 0.2) is 18.9 Å². The predicted octanol–water partition coefficient (Wildman–Crippen LogP) is -4.88. The molecule has 3 rings (SSSR count). The van der Waals surface area contributed by atoms with Crippen molar-refractivity contribution in [3.8, 4) is 0 Å². The second kappa shape index (κ2) is 12.4. The van der Waals surface area contributed by atoms with E-state index in [0.717, 1.165) is 0 Å². The molecule has 14 nitrogen and oxygen atoms in total. The van der Waals surface area contributed by atoms with Crippen molar-refractivity contribution in [2.45, 2.75) is 106 Å². The molecule has 14 atom stereocenters. The molecule has 0 spiro atoms. The molecule has 0 aromatic carbocycles. The van der Waals surface area contributed by atoms with E-state index in [1.54, 1.807) is 6.92 Å². The Morgan fingerprint density at radius 2 is 1.24 bits per heavy atom. The Kier molecular flexibility index (Phi) is 10.8. The second-order valence-corrected chi connectivity index (χ2v) is 8.35. The van der Waals surface area contributed by atoms with Gasteiger partial charge in [0.1, 0.15) is 48.8 Å². The lowest BCUT2D eigenvalue weighted by Gasteiger charge is -2.41. The van der Waals surface area contributed by atoms with Gasteiger partial charge in [0, 0.05) is 13.5 Å². The topological polar surface area (TPSA) is 228 Å². The maximum Gasteiger partial charge on any atom is 0.186 e. The first-order valence-corrected chi connectivity index (χ1v) is 10.6. The summed E-state index contributed by atoms with van der Waals surface area (Å²) < 4.78 is 25.2. The number of methoxy groups -OCH3 is 1. The standard InChI is InChI=1S/C12H22O10.C7H14O4/c1-3-5(13)7(15)10(18)12(21-3)20-2-4-6(14)8(16)9(17)11(19)22-4;1-4-7(9)5(10-2)3-6(8)11-4/h3-19H,2H2,1H3;4-9H,3H2,1-2H3/t3-,4+,5-,6+,7+,8-,9+,10+,11+,12+;4-,5+,6?,7+/m00/s1. The normalized spacial score (nSPS) is 50.9. The molecular weight excluding hydrogens is 452 g/mol. The van der Waals surface area contributed by atoms with Crippen molar-refractivity contribution in [2.75, 3.05) is 13.7 Å². The first-order chi connectivity index (χ1) is 15.4. The highest BCUT2D eigenvalue weighted by Crippen LogP contribution is 2.25. The van der Waals surface area contributed by atoms with Crippen LogP contribution in [0.15, 0.2) is 0 Å². The summed E-state index contributed by atoms with van der Waals surface area (Å²) in [5.74, 6) is 0. The largest absolute Gasteiger partial charge is 0.388 e. The molecule has 9 N–H and O–H groups in total. The first kappa shape index (κ1) is 28.7. The Labute approximate surface area is 190 Å². The van der Waals surface area contributed by atoms with Crippen LogP contribution in [0.25, 0.3) is 0 Å². The number of aliphatic hydroxyl groups is 9. The predicted molar refractivity (Wildman–Crippen MR) is 105 cm³/mol. The maximum atomic E-state index is 9.76. The summed E-state index contributed by atoms with van der Waals surface area (Å²) in [6, 6.07) is 0. The van der Waals surface area contributed by atoms with Crippen LogP contribution in [0.1, 0.15) is 20.3 Å². The van der Waals surface area contributed by atoms with Gasteiger partial charge in [-0.05, 0) is 13.8 Å². The highest BCUT2D eigenvalue weighted by atomic mass is 16.7. The average molecular weight is 488 g/mol. The monoisotopic (exact) mass is 488 g/mol. The van der Waals surface area contributed by atoms with E-state index in [9.17, 15) is 40.9 Å². The van der Waals surface area contributed by atoms with E-state index >= 15 is 0 Å². The van der Waals surface area contributed by atoms with Crippen LogP contribution < -0.4 is 0 Å². The number of ether oxygens (including phenoxy) is 5. The molecule has 0 aromatic heterocycles. The van der Waals surface area contributed by atoms with Gasteiger partial charge in [-0.1, -0.05) is 0 Å². The van der Waals surface area contributed by atoms with Crippen molar-refractivity contribution in [1.29, 1.82) is 0 Å². The molecule has 33 heavy (non-hydrogen) atoms. The second-order valence-electron chi connectivity index (χ2n) is 8.35. The Balaban J connectivity index is 0.000000294. The fourth-order valence-corrected chi connectivity index (χ4v) is 3.67. The highest BCUT2D eigenvalue weighted by Gasteiger charge is 2.46. The molecule has 0 bridgehead atoms. The molecule has 1 unspecified atom stereocenters. The van der Waals surface area contributed by atoms with E-state index in [0.29, 0.717) is 6.42 Å². The smallest absolute Gasteiger partial charge is 0.186 e. The Morgan fingerprint density at radius 1 is 0.667 bits per heavy atom. The third-order valence-corrected chi connectivity index (χ3v) is 5.89. The molecule has 3 aliphatic heterocycles. The summed E-state index contributed by atoms with van der Waals surface area (Å²) in [6.45, 7) is 2.80. The van der Waals surface area contributed by atoms with E-state index in [1.165, 1.54) is 14.0 Å². The van der Waals surface area contributed by atoms with Crippen LogP contribution in [0.4, 0.5) is 0 Å². The fourth-order valence-electron chi connectivity index (χ4n) is 3.67. The summed E-state index contributed by atoms with van der Waals surface area (Å²) in [6.07, 6.45) is -15.8. The van der Waals surface area contributed by atoms with Gasteiger partial charge >= 0.3 is 0 Å². The summed E-state index contributed by atoms with van der Waals surface area (Å²) in [4.78, 5) is 0. The SMILES string of the molecule is CO[C@@H]1CC(O)O[C@@H](C)[C@H]1O.C[C@@H]1O[C@@H](OC[C@H]2O[C@@H](O)[C@H](O)[C@@H](O)[C@@H]2O)[C@H](O)[C@H](O)[C@H]1O. The van der Waals surface area contributed by atoms with Crippen LogP contribution in [0.5, 0.6) is 0 Å². The van der Waals surface area contributed by atoms with Gasteiger partial charge in [-0.3, -0.25) is 0 Å². The molecule has 14 heteroatoms. The maximum absolute atomic E-state index is 9.76. The van der Waals surface area contributed by atoms with Gasteiger partial charge in [0.2, 0.25) is 0 Å². The van der Waals surface area contributed by atoms with Crippen molar-refractivity contribution < 1.29 is 69.6 Å². The zero-order chi connectivity index (χ0) is 25.0. The first-order valence-electron chi connectivity index (χ1n) is 10.6. The molecule has 0 saturated carbocycles. The van der Waals surface area contributed by atoms with E-state index in [-0.39, 0.29) is 18.8 Å². The van der Waals surface area contributed by atoms with Crippen LogP contribution in [0, 0.1) is 0 Å². The van der Waals surface area contributed by atoms with E-state index in [4.69, 9.17) is 28.8 Å². The van der Waals surface area contributed by atoms with Crippen LogP contribution in [0.2, 0.25) is 0 Å². The van der Waals surface area contributed by atoms with Crippen LogP contribution >= 0.6 is 0 Å². The molecule has 0 radical (unpaired) electrons. The van der Waals surface area contributed by atoms with Crippen LogP contribution in [0.3, 0.4) is 0 Å². The number of hydrogen-bond donors (Lipinski definition) is 9. The summed E-state index contributed by atoms with van der Waals surface area (Å²) in [5.41, 5.74) is 0. The van der Waals surface area contributed by atoms with Gasteiger partial charge in [-0.2, -0.15) is 0 Å². The average Bonchev–Trinajstić information content (AvgIpc) is 2.78. The molecule has 3 heterocycles. The zero-order valence-corrected chi connectivity index (χ0v) is 18.6. The molecule has 196 valence electrons. The quantitative estimate of drug-likeness (QED) is 0.181. The lowest BCUT2D eigenvalue weighted by Crippen LogP contribution is -2.60. The number of hydrogen-bond acceptors (Lipinski definition) is 14. The Hall–Kier alpha value is -0.560. The molecular formula is C19H36O14. The van der Waals surface area contributed by atoms with Crippen LogP contribution in [-0.4, -0.2) is 146 Å². The van der Waals surface area contributed by atoms with Crippen molar-refractivity contribution >= 4 is 0 Å². The van der Waals surface area contributed by atoms with Gasteiger partial charge in [0.25, 0.3) is 0 Å². The molecule has 3 aliphatic rings. The van der Waals surface area contributed by atoms with Crippen molar-refractivity contribution in [3.63, 3.8) is 0 Å². The molecule has 3 fully saturated rings. The lowest BCUT2D eigenvalue weighted by molar-refractivity contribution is -0.322.